The second kappa shape index (κ2) is 6.01. The molecule has 0 fully saturated rings. The fraction of sp³-hybridized carbons (Fsp3) is 0.125. The molecule has 0 spiro atoms. The Bertz CT molecular complexity index is 1160. The molecule has 0 saturated heterocycles. The second-order valence-corrected chi connectivity index (χ2v) is 8.41. The van der Waals surface area contributed by atoms with E-state index in [0.29, 0.717) is 11.1 Å². The molecule has 0 aliphatic heterocycles. The van der Waals surface area contributed by atoms with E-state index in [0.717, 1.165) is 17.6 Å². The molecule has 2 aromatic heterocycles. The molecular formula is C16H13NO6S2. The number of carbonyl (C=O) groups is 1. The van der Waals surface area contributed by atoms with Crippen LogP contribution in [0.15, 0.2) is 45.4 Å². The lowest BCUT2D eigenvalue weighted by Crippen LogP contribution is -2.23. The highest BCUT2D eigenvalue weighted by Gasteiger charge is 2.22. The van der Waals surface area contributed by atoms with Gasteiger partial charge in [-0.1, -0.05) is 12.1 Å². The number of fused-ring (bicyclic) bond motifs is 1. The first-order chi connectivity index (χ1) is 11.7. The van der Waals surface area contributed by atoms with Crippen LogP contribution < -0.4 is 5.56 Å². The fourth-order valence-corrected chi connectivity index (χ4v) is 4.19. The van der Waals surface area contributed by atoms with Crippen LogP contribution in [-0.2, 0) is 16.4 Å². The number of thiophene rings is 1. The highest BCUT2D eigenvalue weighted by molar-refractivity contribution is 7.90. The fourth-order valence-electron chi connectivity index (χ4n) is 2.57. The summed E-state index contributed by atoms with van der Waals surface area (Å²) in [5.41, 5.74) is -0.348. The normalized spacial score (nSPS) is 11.7. The number of aromatic carboxylic acids is 1. The van der Waals surface area contributed by atoms with Gasteiger partial charge in [-0.05, 0) is 29.1 Å². The van der Waals surface area contributed by atoms with Crippen LogP contribution in [0.25, 0.3) is 10.2 Å². The average molecular weight is 379 g/mol. The van der Waals surface area contributed by atoms with Crippen molar-refractivity contribution >= 4 is 37.4 Å². The maximum Gasteiger partial charge on any atom is 0.341 e. The van der Waals surface area contributed by atoms with Crippen molar-refractivity contribution in [2.45, 2.75) is 11.4 Å². The monoisotopic (exact) mass is 379 g/mol. The summed E-state index contributed by atoms with van der Waals surface area (Å²) >= 11 is 1.10. The first-order valence-electron chi connectivity index (χ1n) is 7.05. The number of rotatable bonds is 4. The molecule has 0 bridgehead atoms. The molecule has 0 saturated carbocycles. The number of benzene rings is 1. The molecule has 130 valence electrons. The highest BCUT2D eigenvalue weighted by Crippen LogP contribution is 2.29. The van der Waals surface area contributed by atoms with E-state index in [1.807, 2.05) is 0 Å². The Hall–Kier alpha value is -2.65. The quantitative estimate of drug-likeness (QED) is 0.716. The van der Waals surface area contributed by atoms with Gasteiger partial charge >= 0.3 is 5.97 Å². The summed E-state index contributed by atoms with van der Waals surface area (Å²) < 4.78 is 24.9. The number of sulfone groups is 1. The average Bonchev–Trinajstić information content (AvgIpc) is 3.00. The van der Waals surface area contributed by atoms with Crippen LogP contribution in [-0.4, -0.2) is 35.4 Å². The number of pyridine rings is 1. The van der Waals surface area contributed by atoms with Gasteiger partial charge in [-0.3, -0.25) is 9.36 Å². The second-order valence-electron chi connectivity index (χ2n) is 5.47. The third-order valence-electron chi connectivity index (χ3n) is 3.73. The van der Waals surface area contributed by atoms with Gasteiger partial charge < -0.3 is 10.2 Å². The van der Waals surface area contributed by atoms with Crippen molar-refractivity contribution < 1.29 is 23.4 Å². The molecule has 1 aromatic carbocycles. The third kappa shape index (κ3) is 3.03. The smallest absolute Gasteiger partial charge is 0.341 e. The maximum absolute atomic E-state index is 12.4. The lowest BCUT2D eigenvalue weighted by molar-refractivity contribution is 0.0695. The molecule has 0 amide bonds. The minimum atomic E-state index is -3.40. The van der Waals surface area contributed by atoms with Gasteiger partial charge in [-0.25, -0.2) is 13.2 Å². The van der Waals surface area contributed by atoms with Crippen LogP contribution in [0.4, 0.5) is 0 Å². The van der Waals surface area contributed by atoms with E-state index < -0.39 is 32.7 Å². The molecule has 3 aromatic rings. The lowest BCUT2D eigenvalue weighted by Gasteiger charge is -2.11. The highest BCUT2D eigenvalue weighted by atomic mass is 32.2. The van der Waals surface area contributed by atoms with E-state index in [4.69, 9.17) is 0 Å². The number of carboxylic acids is 1. The van der Waals surface area contributed by atoms with Crippen molar-refractivity contribution in [3.05, 3.63) is 57.2 Å². The number of hydrogen-bond acceptors (Lipinski definition) is 6. The summed E-state index contributed by atoms with van der Waals surface area (Å²) in [6.45, 7) is 0.00286. The molecule has 0 unspecified atom stereocenters. The SMILES string of the molecule is CS(=O)(=O)c1cccc(Cn2c(=O)c(O)c(C(=O)O)c3sccc32)c1. The predicted octanol–water partition coefficient (Wildman–Crippen LogP) is 1.92. The molecule has 25 heavy (non-hydrogen) atoms. The van der Waals surface area contributed by atoms with E-state index in [2.05, 4.69) is 0 Å². The molecule has 3 rings (SSSR count). The van der Waals surface area contributed by atoms with Crippen molar-refractivity contribution in [1.82, 2.24) is 4.57 Å². The minimum absolute atomic E-state index is 0.00286. The Morgan fingerprint density at radius 3 is 2.64 bits per heavy atom. The minimum Gasteiger partial charge on any atom is -0.502 e. The lowest BCUT2D eigenvalue weighted by atomic mass is 10.2. The molecular weight excluding hydrogens is 366 g/mol. The van der Waals surface area contributed by atoms with Crippen LogP contribution in [0.3, 0.4) is 0 Å². The van der Waals surface area contributed by atoms with E-state index in [1.54, 1.807) is 23.6 Å². The van der Waals surface area contributed by atoms with Gasteiger partial charge in [0.2, 0.25) is 0 Å². The predicted molar refractivity (Wildman–Crippen MR) is 93.4 cm³/mol. The van der Waals surface area contributed by atoms with Crippen LogP contribution in [0.2, 0.25) is 0 Å². The molecule has 2 N–H and O–H groups in total. The van der Waals surface area contributed by atoms with E-state index in [-0.39, 0.29) is 16.1 Å². The Morgan fingerprint density at radius 1 is 1.28 bits per heavy atom. The Labute approximate surface area is 146 Å². The molecule has 0 aliphatic rings. The van der Waals surface area contributed by atoms with Gasteiger partial charge in [0.05, 0.1) is 21.7 Å². The van der Waals surface area contributed by atoms with E-state index in [1.165, 1.54) is 16.7 Å². The van der Waals surface area contributed by atoms with Gasteiger partial charge in [0.25, 0.3) is 5.56 Å². The zero-order valence-corrected chi connectivity index (χ0v) is 14.6. The van der Waals surface area contributed by atoms with Gasteiger partial charge in [-0.2, -0.15) is 0 Å². The van der Waals surface area contributed by atoms with Crippen molar-refractivity contribution in [2.75, 3.05) is 6.26 Å². The standard InChI is InChI=1S/C16H13NO6S2/c1-25(22,23)10-4-2-3-9(7-10)8-17-11-5-6-24-14(11)12(16(20)21)13(18)15(17)19/h2-7,18H,8H2,1H3,(H,20,21). The van der Waals surface area contributed by atoms with Crippen molar-refractivity contribution in [1.29, 1.82) is 0 Å². The van der Waals surface area contributed by atoms with Gasteiger partial charge in [-0.15, -0.1) is 11.3 Å². The van der Waals surface area contributed by atoms with Gasteiger partial charge in [0, 0.05) is 6.26 Å². The molecule has 7 nitrogen and oxygen atoms in total. The van der Waals surface area contributed by atoms with E-state index >= 15 is 0 Å². The first-order valence-corrected chi connectivity index (χ1v) is 9.82. The zero-order chi connectivity index (χ0) is 18.4. The Morgan fingerprint density at radius 2 is 2.00 bits per heavy atom. The largest absolute Gasteiger partial charge is 0.502 e. The van der Waals surface area contributed by atoms with Gasteiger partial charge in [0.1, 0.15) is 5.56 Å². The Balaban J connectivity index is 2.20. The molecule has 0 radical (unpaired) electrons. The summed E-state index contributed by atoms with van der Waals surface area (Å²) in [6, 6.07) is 7.71. The summed E-state index contributed by atoms with van der Waals surface area (Å²) in [4.78, 5) is 23.9. The van der Waals surface area contributed by atoms with Gasteiger partial charge in [0.15, 0.2) is 15.6 Å². The molecule has 9 heteroatoms. The summed E-state index contributed by atoms with van der Waals surface area (Å²) in [5.74, 6) is -2.21. The molecule has 2 heterocycles. The number of aromatic nitrogens is 1. The Kier molecular flexibility index (Phi) is 4.13. The van der Waals surface area contributed by atoms with Crippen LogP contribution in [0.5, 0.6) is 5.75 Å². The van der Waals surface area contributed by atoms with Crippen molar-refractivity contribution in [3.63, 3.8) is 0 Å². The third-order valence-corrected chi connectivity index (χ3v) is 5.76. The van der Waals surface area contributed by atoms with E-state index in [9.17, 15) is 28.2 Å². The summed E-state index contributed by atoms with van der Waals surface area (Å²) in [6.07, 6.45) is 1.09. The summed E-state index contributed by atoms with van der Waals surface area (Å²) in [7, 11) is -3.40. The van der Waals surface area contributed by atoms with Crippen LogP contribution in [0.1, 0.15) is 15.9 Å². The first kappa shape index (κ1) is 17.2. The number of carboxylic acid groups (broad SMARTS) is 1. The van der Waals surface area contributed by atoms with Crippen LogP contribution >= 0.6 is 11.3 Å². The zero-order valence-electron chi connectivity index (χ0n) is 13.0. The molecule has 0 aliphatic carbocycles. The molecule has 0 atom stereocenters. The maximum atomic E-state index is 12.4. The topological polar surface area (TPSA) is 114 Å². The van der Waals surface area contributed by atoms with Crippen molar-refractivity contribution in [3.8, 4) is 5.75 Å². The number of aromatic hydroxyl groups is 1. The van der Waals surface area contributed by atoms with Crippen molar-refractivity contribution in [2.24, 2.45) is 0 Å². The number of hydrogen-bond donors (Lipinski definition) is 2. The van der Waals surface area contributed by atoms with Crippen LogP contribution in [0, 0.1) is 0 Å². The number of nitrogens with zero attached hydrogens (tertiary/aromatic N) is 1. The summed E-state index contributed by atoms with van der Waals surface area (Å²) in [5, 5.41) is 20.9.